The molecule has 0 amide bonds. The summed E-state index contributed by atoms with van der Waals surface area (Å²) < 4.78 is 0. The number of hydrogen-bond acceptors (Lipinski definition) is 1. The van der Waals surface area contributed by atoms with Crippen LogP contribution >= 0.6 is 0 Å². The Bertz CT molecular complexity index is 465. The molecular formula is C11H8BN. The van der Waals surface area contributed by atoms with Gasteiger partial charge in [-0.15, -0.1) is 0 Å². The lowest BCUT2D eigenvalue weighted by molar-refractivity contribution is 1.56. The zero-order valence-corrected chi connectivity index (χ0v) is 7.20. The second kappa shape index (κ2) is 3.32. The van der Waals surface area contributed by atoms with Gasteiger partial charge < -0.3 is 0 Å². The second-order valence-corrected chi connectivity index (χ2v) is 2.97. The minimum Gasteiger partial charge on any atom is -0.213 e. The van der Waals surface area contributed by atoms with Crippen molar-refractivity contribution in [3.63, 3.8) is 0 Å². The number of fused-ring (bicyclic) bond motifs is 1. The highest BCUT2D eigenvalue weighted by Crippen LogP contribution is 2.09. The first-order chi connectivity index (χ1) is 6.42. The van der Waals surface area contributed by atoms with Gasteiger partial charge >= 0.3 is 0 Å². The second-order valence-electron chi connectivity index (χ2n) is 2.97. The highest BCUT2D eigenvalue weighted by Gasteiger charge is 1.99. The summed E-state index contributed by atoms with van der Waals surface area (Å²) in [6, 6.07) is 14.2. The van der Waals surface area contributed by atoms with Crippen LogP contribution in [0.1, 0.15) is 0 Å². The van der Waals surface area contributed by atoms with E-state index in [1.54, 1.807) is 0 Å². The first-order valence-corrected chi connectivity index (χ1v) is 4.25. The number of rotatable bonds is 1. The van der Waals surface area contributed by atoms with Crippen LogP contribution in [0.3, 0.4) is 0 Å². The minimum absolute atomic E-state index is 0.487. The maximum absolute atomic E-state index is 8.63. The zero-order chi connectivity index (χ0) is 9.10. The van der Waals surface area contributed by atoms with Crippen molar-refractivity contribution in [2.24, 2.45) is 0 Å². The summed E-state index contributed by atoms with van der Waals surface area (Å²) in [4.78, 5) is 0. The SMILES string of the molecule is N#CBc1cccc2ccccc12. The van der Waals surface area contributed by atoms with Crippen molar-refractivity contribution >= 4 is 23.5 Å². The smallest absolute Gasteiger partial charge is 0.213 e. The van der Waals surface area contributed by atoms with Crippen molar-refractivity contribution in [3.05, 3.63) is 42.5 Å². The van der Waals surface area contributed by atoms with E-state index in [0.717, 1.165) is 5.46 Å². The van der Waals surface area contributed by atoms with Crippen molar-refractivity contribution in [2.75, 3.05) is 0 Å². The molecule has 0 bridgehead atoms. The fraction of sp³-hybridized carbons (Fsp3) is 0. The van der Waals surface area contributed by atoms with Gasteiger partial charge in [0.1, 0.15) is 0 Å². The molecule has 1 nitrogen and oxygen atoms in total. The molecule has 0 radical (unpaired) electrons. The first-order valence-electron chi connectivity index (χ1n) is 4.25. The molecule has 0 saturated carbocycles. The molecule has 0 saturated heterocycles. The van der Waals surface area contributed by atoms with Crippen molar-refractivity contribution in [2.45, 2.75) is 0 Å². The lowest BCUT2D eigenvalue weighted by Gasteiger charge is -2.00. The molecule has 0 fully saturated rings. The van der Waals surface area contributed by atoms with E-state index in [1.165, 1.54) is 10.8 Å². The maximum Gasteiger partial charge on any atom is 0.283 e. The molecule has 2 aromatic rings. The van der Waals surface area contributed by atoms with Gasteiger partial charge in [-0.1, -0.05) is 47.9 Å². The summed E-state index contributed by atoms with van der Waals surface area (Å²) in [5.41, 5.74) is 1.11. The predicted molar refractivity (Wildman–Crippen MR) is 56.3 cm³/mol. The lowest BCUT2D eigenvalue weighted by Crippen LogP contribution is -2.12. The van der Waals surface area contributed by atoms with Crippen LogP contribution in [0.2, 0.25) is 0 Å². The van der Waals surface area contributed by atoms with Gasteiger partial charge in [-0.3, -0.25) is 0 Å². The van der Waals surface area contributed by atoms with Gasteiger partial charge in [0, 0.05) is 5.97 Å². The number of nitrogens with zero attached hydrogens (tertiary/aromatic N) is 1. The van der Waals surface area contributed by atoms with Crippen molar-refractivity contribution in [1.82, 2.24) is 0 Å². The number of hydrogen-bond donors (Lipinski definition) is 0. The van der Waals surface area contributed by atoms with Crippen LogP contribution < -0.4 is 5.46 Å². The van der Waals surface area contributed by atoms with Crippen LogP contribution in [0, 0.1) is 11.2 Å². The van der Waals surface area contributed by atoms with Crippen LogP contribution in [-0.4, -0.2) is 7.28 Å². The van der Waals surface area contributed by atoms with Gasteiger partial charge in [-0.2, -0.15) is 0 Å². The van der Waals surface area contributed by atoms with E-state index in [9.17, 15) is 0 Å². The standard InChI is InChI=1S/C11H8BN/c13-8-12-11-7-3-5-9-4-1-2-6-10(9)11/h1-7,12H. The Labute approximate surface area is 77.9 Å². The average molecular weight is 165 g/mol. The Kier molecular flexibility index (Phi) is 2.02. The van der Waals surface area contributed by atoms with Crippen LogP contribution in [0.4, 0.5) is 0 Å². The monoisotopic (exact) mass is 165 g/mol. The van der Waals surface area contributed by atoms with E-state index in [4.69, 9.17) is 5.26 Å². The molecule has 0 aromatic heterocycles. The normalized spacial score (nSPS) is 9.46. The average Bonchev–Trinajstić information content (AvgIpc) is 2.19. The van der Waals surface area contributed by atoms with Gasteiger partial charge in [-0.25, -0.2) is 5.26 Å². The van der Waals surface area contributed by atoms with E-state index in [-0.39, 0.29) is 0 Å². The van der Waals surface area contributed by atoms with Crippen molar-refractivity contribution in [1.29, 1.82) is 5.26 Å². The molecule has 0 spiro atoms. The summed E-state index contributed by atoms with van der Waals surface area (Å²) in [6.45, 7) is 0. The van der Waals surface area contributed by atoms with E-state index < -0.39 is 0 Å². The van der Waals surface area contributed by atoms with Gasteiger partial charge in [0.2, 0.25) is 0 Å². The van der Waals surface area contributed by atoms with Gasteiger partial charge in [-0.05, 0) is 10.8 Å². The van der Waals surface area contributed by atoms with E-state index in [1.807, 2.05) is 24.3 Å². The highest BCUT2D eigenvalue weighted by molar-refractivity contribution is 6.64. The summed E-state index contributed by atoms with van der Waals surface area (Å²) in [7, 11) is 0.487. The predicted octanol–water partition coefficient (Wildman–Crippen LogP) is 1.38. The Hall–Kier alpha value is -1.75. The minimum atomic E-state index is 0.487. The Morgan fingerprint density at radius 2 is 1.77 bits per heavy atom. The largest absolute Gasteiger partial charge is 0.283 e. The molecule has 2 heteroatoms. The molecule has 0 aliphatic carbocycles. The molecule has 60 valence electrons. The van der Waals surface area contributed by atoms with Gasteiger partial charge in [0.25, 0.3) is 7.28 Å². The van der Waals surface area contributed by atoms with E-state index in [2.05, 4.69) is 24.2 Å². The quantitative estimate of drug-likeness (QED) is 0.585. The molecule has 0 unspecified atom stereocenters. The summed E-state index contributed by atoms with van der Waals surface area (Å²) >= 11 is 0. The third kappa shape index (κ3) is 1.41. The fourth-order valence-corrected chi connectivity index (χ4v) is 1.53. The molecule has 2 rings (SSSR count). The summed E-state index contributed by atoms with van der Waals surface area (Å²) in [5, 5.41) is 11.0. The topological polar surface area (TPSA) is 23.8 Å². The van der Waals surface area contributed by atoms with E-state index >= 15 is 0 Å². The van der Waals surface area contributed by atoms with Gasteiger partial charge in [0.05, 0.1) is 0 Å². The molecule has 0 aliphatic heterocycles. The van der Waals surface area contributed by atoms with Crippen LogP contribution in [0.15, 0.2) is 42.5 Å². The maximum atomic E-state index is 8.63. The lowest BCUT2D eigenvalue weighted by atomic mass is 9.70. The van der Waals surface area contributed by atoms with Gasteiger partial charge in [0.15, 0.2) is 0 Å². The van der Waals surface area contributed by atoms with Crippen molar-refractivity contribution < 1.29 is 0 Å². The van der Waals surface area contributed by atoms with Crippen molar-refractivity contribution in [3.8, 4) is 5.97 Å². The first kappa shape index (κ1) is 7.88. The molecule has 0 heterocycles. The highest BCUT2D eigenvalue weighted by atomic mass is 14.2. The Morgan fingerprint density at radius 1 is 1.00 bits per heavy atom. The molecule has 0 aliphatic rings. The van der Waals surface area contributed by atoms with Crippen LogP contribution in [0.5, 0.6) is 0 Å². The zero-order valence-electron chi connectivity index (χ0n) is 7.20. The molecule has 0 N–H and O–H groups in total. The third-order valence-corrected chi connectivity index (χ3v) is 2.15. The fourth-order valence-electron chi connectivity index (χ4n) is 1.53. The number of nitriles is 1. The molecule has 0 atom stereocenters. The molecular weight excluding hydrogens is 157 g/mol. The number of benzene rings is 2. The summed E-state index contributed by atoms with van der Waals surface area (Å²) in [5.74, 6) is 2.18. The third-order valence-electron chi connectivity index (χ3n) is 2.15. The van der Waals surface area contributed by atoms with Crippen LogP contribution in [0.25, 0.3) is 10.8 Å². The van der Waals surface area contributed by atoms with Crippen LogP contribution in [-0.2, 0) is 0 Å². The molecule has 13 heavy (non-hydrogen) atoms. The summed E-state index contributed by atoms with van der Waals surface area (Å²) in [6.07, 6.45) is 0. The Balaban J connectivity index is 2.70. The molecule has 2 aromatic carbocycles. The Morgan fingerprint density at radius 3 is 2.62 bits per heavy atom. The van der Waals surface area contributed by atoms with E-state index in [0.29, 0.717) is 7.28 Å².